The molecule has 2 rings (SSSR count). The van der Waals surface area contributed by atoms with Gasteiger partial charge in [0.15, 0.2) is 0 Å². The van der Waals surface area contributed by atoms with E-state index in [-0.39, 0.29) is 11.5 Å². The van der Waals surface area contributed by atoms with Crippen molar-refractivity contribution in [1.82, 2.24) is 9.97 Å². The Morgan fingerprint density at radius 3 is 2.86 bits per heavy atom. The summed E-state index contributed by atoms with van der Waals surface area (Å²) >= 11 is 0. The van der Waals surface area contributed by atoms with Crippen molar-refractivity contribution in [2.24, 2.45) is 5.41 Å². The van der Waals surface area contributed by atoms with Crippen LogP contribution in [-0.2, 0) is 4.79 Å². The van der Waals surface area contributed by atoms with Crippen molar-refractivity contribution in [3.05, 3.63) is 22.2 Å². The molecule has 0 bridgehead atoms. The zero-order chi connectivity index (χ0) is 15.6. The molecule has 6 heteroatoms. The highest BCUT2D eigenvalue weighted by Gasteiger charge is 2.41. The topological polar surface area (TPSA) is 86.3 Å². The van der Waals surface area contributed by atoms with Crippen LogP contribution in [0.3, 0.4) is 0 Å². The number of aromatic amines is 1. The molecule has 0 spiro atoms. The molecule has 6 nitrogen and oxygen atoms in total. The van der Waals surface area contributed by atoms with Crippen molar-refractivity contribution >= 4 is 11.8 Å². The predicted octanol–water partition coefficient (Wildman–Crippen LogP) is 1.97. The third-order valence-corrected chi connectivity index (χ3v) is 4.32. The first-order valence-corrected chi connectivity index (χ1v) is 7.47. The number of piperidine rings is 1. The van der Waals surface area contributed by atoms with E-state index >= 15 is 0 Å². The first-order chi connectivity index (χ1) is 9.88. The second-order valence-corrected chi connectivity index (χ2v) is 6.11. The average Bonchev–Trinajstić information content (AvgIpc) is 2.46. The van der Waals surface area contributed by atoms with E-state index in [0.29, 0.717) is 31.0 Å². The molecule has 0 aromatic carbocycles. The van der Waals surface area contributed by atoms with E-state index in [1.807, 2.05) is 25.7 Å². The lowest BCUT2D eigenvalue weighted by Crippen LogP contribution is -2.48. The smallest absolute Gasteiger partial charge is 0.311 e. The minimum Gasteiger partial charge on any atom is -0.481 e. The van der Waals surface area contributed by atoms with Gasteiger partial charge in [-0.1, -0.05) is 20.8 Å². The zero-order valence-electron chi connectivity index (χ0n) is 12.8. The standard InChI is InChI=1S/C15H23N3O3/c1-4-15(14(20)21)6-5-7-18(9-15)11-8-12(19)17-13(16-11)10(2)3/h8,10H,4-7,9H2,1-3H3,(H,20,21)(H,16,17,19). The lowest BCUT2D eigenvalue weighted by Gasteiger charge is -2.40. The first kappa shape index (κ1) is 15.5. The summed E-state index contributed by atoms with van der Waals surface area (Å²) in [4.78, 5) is 32.6. The molecule has 1 aromatic rings. The normalized spacial score (nSPS) is 22.6. The maximum Gasteiger partial charge on any atom is 0.311 e. The second kappa shape index (κ2) is 5.87. The molecule has 0 aliphatic carbocycles. The van der Waals surface area contributed by atoms with Gasteiger partial charge < -0.3 is 15.0 Å². The van der Waals surface area contributed by atoms with Crippen LogP contribution in [-0.4, -0.2) is 34.1 Å². The number of aromatic nitrogens is 2. The second-order valence-electron chi connectivity index (χ2n) is 6.11. The fraction of sp³-hybridized carbons (Fsp3) is 0.667. The number of carboxylic acids is 1. The number of hydrogen-bond donors (Lipinski definition) is 2. The Balaban J connectivity index is 2.34. The van der Waals surface area contributed by atoms with Crippen LogP contribution in [0.25, 0.3) is 0 Å². The number of nitrogens with one attached hydrogen (secondary N) is 1. The number of H-pyrrole nitrogens is 1. The monoisotopic (exact) mass is 293 g/mol. The Bertz CT molecular complexity index is 582. The molecule has 1 aliphatic rings. The van der Waals surface area contributed by atoms with Crippen molar-refractivity contribution < 1.29 is 9.90 Å². The van der Waals surface area contributed by atoms with E-state index in [1.54, 1.807) is 0 Å². The largest absolute Gasteiger partial charge is 0.481 e. The third-order valence-electron chi connectivity index (χ3n) is 4.32. The summed E-state index contributed by atoms with van der Waals surface area (Å²) < 4.78 is 0. The summed E-state index contributed by atoms with van der Waals surface area (Å²) in [5.74, 6) is 0.586. The van der Waals surface area contributed by atoms with Gasteiger partial charge in [0, 0.05) is 25.1 Å². The minimum absolute atomic E-state index is 0.123. The first-order valence-electron chi connectivity index (χ1n) is 7.47. The number of anilines is 1. The molecule has 1 unspecified atom stereocenters. The van der Waals surface area contributed by atoms with Crippen molar-refractivity contribution in [2.45, 2.75) is 46.0 Å². The number of carboxylic acid groups (broad SMARTS) is 1. The van der Waals surface area contributed by atoms with E-state index in [4.69, 9.17) is 0 Å². The van der Waals surface area contributed by atoms with E-state index in [0.717, 1.165) is 13.0 Å². The van der Waals surface area contributed by atoms with Gasteiger partial charge in [0.05, 0.1) is 5.41 Å². The molecule has 1 atom stereocenters. The zero-order valence-corrected chi connectivity index (χ0v) is 12.8. The van der Waals surface area contributed by atoms with Gasteiger partial charge in [0.25, 0.3) is 5.56 Å². The number of hydrogen-bond acceptors (Lipinski definition) is 4. The number of nitrogens with zero attached hydrogens (tertiary/aromatic N) is 2. The van der Waals surface area contributed by atoms with Gasteiger partial charge in [0.1, 0.15) is 11.6 Å². The molecule has 0 saturated carbocycles. The summed E-state index contributed by atoms with van der Waals surface area (Å²) in [6.07, 6.45) is 2.06. The number of rotatable bonds is 4. The van der Waals surface area contributed by atoms with Gasteiger partial charge in [-0.3, -0.25) is 9.59 Å². The number of carbonyl (C=O) groups is 1. The van der Waals surface area contributed by atoms with E-state index in [1.165, 1.54) is 6.07 Å². The van der Waals surface area contributed by atoms with Crippen LogP contribution in [0, 0.1) is 5.41 Å². The van der Waals surface area contributed by atoms with Crippen LogP contribution in [0.15, 0.2) is 10.9 Å². The molecule has 1 aliphatic heterocycles. The molecular formula is C15H23N3O3. The molecule has 21 heavy (non-hydrogen) atoms. The van der Waals surface area contributed by atoms with Crippen molar-refractivity contribution in [1.29, 1.82) is 0 Å². The summed E-state index contributed by atoms with van der Waals surface area (Å²) in [5, 5.41) is 9.54. The van der Waals surface area contributed by atoms with Gasteiger partial charge in [-0.05, 0) is 19.3 Å². The molecule has 0 amide bonds. The summed E-state index contributed by atoms with van der Waals surface area (Å²) in [6, 6.07) is 1.46. The molecule has 1 saturated heterocycles. The Morgan fingerprint density at radius 1 is 1.57 bits per heavy atom. The van der Waals surface area contributed by atoms with Crippen LogP contribution in [0.4, 0.5) is 5.82 Å². The molecular weight excluding hydrogens is 270 g/mol. The molecule has 1 aromatic heterocycles. The lowest BCUT2D eigenvalue weighted by molar-refractivity contribution is -0.149. The molecule has 2 heterocycles. The maximum absolute atomic E-state index is 11.8. The minimum atomic E-state index is -0.761. The Hall–Kier alpha value is -1.85. The van der Waals surface area contributed by atoms with Gasteiger partial charge >= 0.3 is 5.97 Å². The molecule has 0 radical (unpaired) electrons. The van der Waals surface area contributed by atoms with Crippen LogP contribution in [0.2, 0.25) is 0 Å². The highest BCUT2D eigenvalue weighted by atomic mass is 16.4. The highest BCUT2D eigenvalue weighted by molar-refractivity contribution is 5.76. The summed E-state index contributed by atoms with van der Waals surface area (Å²) in [6.45, 7) is 6.98. The van der Waals surface area contributed by atoms with E-state index in [2.05, 4.69) is 9.97 Å². The Labute approximate surface area is 124 Å². The lowest BCUT2D eigenvalue weighted by atomic mass is 9.77. The summed E-state index contributed by atoms with van der Waals surface area (Å²) in [5.41, 5.74) is -0.924. The quantitative estimate of drug-likeness (QED) is 0.886. The Morgan fingerprint density at radius 2 is 2.29 bits per heavy atom. The SMILES string of the molecule is CCC1(C(=O)O)CCCN(c2cc(=O)[nH]c(C(C)C)n2)C1. The fourth-order valence-electron chi connectivity index (χ4n) is 2.84. The van der Waals surface area contributed by atoms with Crippen LogP contribution < -0.4 is 10.5 Å². The van der Waals surface area contributed by atoms with Gasteiger partial charge in [-0.25, -0.2) is 4.98 Å². The van der Waals surface area contributed by atoms with Crippen LogP contribution in [0.1, 0.15) is 51.8 Å². The molecule has 2 N–H and O–H groups in total. The van der Waals surface area contributed by atoms with Gasteiger partial charge in [-0.15, -0.1) is 0 Å². The maximum atomic E-state index is 11.8. The highest BCUT2D eigenvalue weighted by Crippen LogP contribution is 2.35. The van der Waals surface area contributed by atoms with E-state index < -0.39 is 11.4 Å². The average molecular weight is 293 g/mol. The number of aliphatic carboxylic acids is 1. The van der Waals surface area contributed by atoms with Gasteiger partial charge in [-0.2, -0.15) is 0 Å². The molecule has 1 fully saturated rings. The van der Waals surface area contributed by atoms with Crippen LogP contribution >= 0.6 is 0 Å². The fourth-order valence-corrected chi connectivity index (χ4v) is 2.84. The summed E-state index contributed by atoms with van der Waals surface area (Å²) in [7, 11) is 0. The third kappa shape index (κ3) is 3.09. The van der Waals surface area contributed by atoms with E-state index in [9.17, 15) is 14.7 Å². The Kier molecular flexibility index (Phi) is 4.34. The predicted molar refractivity (Wildman–Crippen MR) is 80.8 cm³/mol. The van der Waals surface area contributed by atoms with Crippen molar-refractivity contribution in [2.75, 3.05) is 18.0 Å². The van der Waals surface area contributed by atoms with Crippen LogP contribution in [0.5, 0.6) is 0 Å². The van der Waals surface area contributed by atoms with Gasteiger partial charge in [0.2, 0.25) is 0 Å². The van der Waals surface area contributed by atoms with Crippen molar-refractivity contribution in [3.63, 3.8) is 0 Å². The van der Waals surface area contributed by atoms with Crippen molar-refractivity contribution in [3.8, 4) is 0 Å². The molecule has 116 valence electrons.